The standard InChI is InChI=1S/C20H15F3N2O3/c1-27-24-12-13-5-4-6-14(11-13)15-7-2-3-8-16(15)25-19(26)17-9-10-18(28-17)20(21,22)23/h2-12H,1H3,(H,25,26)/b24-12+. The van der Waals surface area contributed by atoms with Crippen LogP contribution in [0, 0.1) is 0 Å². The molecule has 5 nitrogen and oxygen atoms in total. The molecule has 8 heteroatoms. The Morgan fingerprint density at radius 1 is 1.11 bits per heavy atom. The van der Waals surface area contributed by atoms with Crippen LogP contribution in [0.25, 0.3) is 11.1 Å². The molecule has 3 rings (SSSR count). The smallest absolute Gasteiger partial charge is 0.446 e. The molecule has 3 aromatic rings. The number of furan rings is 1. The van der Waals surface area contributed by atoms with Gasteiger partial charge >= 0.3 is 6.18 Å². The number of nitrogens with zero attached hydrogens (tertiary/aromatic N) is 1. The van der Waals surface area contributed by atoms with Gasteiger partial charge in [0.1, 0.15) is 7.11 Å². The summed E-state index contributed by atoms with van der Waals surface area (Å²) in [4.78, 5) is 17.0. The highest BCUT2D eigenvalue weighted by molar-refractivity contribution is 6.04. The molecule has 0 aliphatic carbocycles. The zero-order valence-electron chi connectivity index (χ0n) is 14.7. The van der Waals surface area contributed by atoms with Gasteiger partial charge in [0.25, 0.3) is 5.91 Å². The topological polar surface area (TPSA) is 63.8 Å². The number of oxime groups is 1. The maximum Gasteiger partial charge on any atom is 0.449 e. The zero-order chi connectivity index (χ0) is 20.1. The van der Waals surface area contributed by atoms with E-state index in [1.165, 1.54) is 13.3 Å². The minimum atomic E-state index is -4.65. The highest BCUT2D eigenvalue weighted by Crippen LogP contribution is 2.32. The number of para-hydroxylation sites is 1. The normalized spacial score (nSPS) is 11.6. The molecule has 0 unspecified atom stereocenters. The fraction of sp³-hybridized carbons (Fsp3) is 0.100. The minimum Gasteiger partial charge on any atom is -0.446 e. The van der Waals surface area contributed by atoms with E-state index < -0.39 is 23.6 Å². The molecule has 28 heavy (non-hydrogen) atoms. The van der Waals surface area contributed by atoms with Crippen LogP contribution in [0.15, 0.2) is 70.2 Å². The van der Waals surface area contributed by atoms with Crippen molar-refractivity contribution in [2.45, 2.75) is 6.18 Å². The van der Waals surface area contributed by atoms with Crippen LogP contribution in [0.4, 0.5) is 18.9 Å². The first-order chi connectivity index (χ1) is 13.4. The molecule has 0 aliphatic heterocycles. The van der Waals surface area contributed by atoms with E-state index in [-0.39, 0.29) is 0 Å². The first-order valence-corrected chi connectivity index (χ1v) is 8.13. The quantitative estimate of drug-likeness (QED) is 0.483. The average Bonchev–Trinajstić information content (AvgIpc) is 3.18. The molecule has 0 radical (unpaired) electrons. The van der Waals surface area contributed by atoms with E-state index in [9.17, 15) is 18.0 Å². The van der Waals surface area contributed by atoms with Crippen molar-refractivity contribution in [3.63, 3.8) is 0 Å². The number of halogens is 3. The summed E-state index contributed by atoms with van der Waals surface area (Å²) in [5, 5.41) is 6.30. The first-order valence-electron chi connectivity index (χ1n) is 8.13. The van der Waals surface area contributed by atoms with Crippen molar-refractivity contribution in [3.8, 4) is 11.1 Å². The maximum atomic E-state index is 12.7. The van der Waals surface area contributed by atoms with Crippen molar-refractivity contribution in [2.75, 3.05) is 12.4 Å². The molecule has 0 saturated carbocycles. The molecular formula is C20H15F3N2O3. The summed E-state index contributed by atoms with van der Waals surface area (Å²) < 4.78 is 42.6. The third-order valence-electron chi connectivity index (χ3n) is 3.79. The third kappa shape index (κ3) is 4.40. The van der Waals surface area contributed by atoms with Crippen LogP contribution >= 0.6 is 0 Å². The van der Waals surface area contributed by atoms with Gasteiger partial charge in [-0.25, -0.2) is 0 Å². The SMILES string of the molecule is CO/N=C/c1cccc(-c2ccccc2NC(=O)c2ccc(C(F)(F)F)o2)c1. The lowest BCUT2D eigenvalue weighted by atomic mass is 10.0. The molecule has 1 amide bonds. The molecule has 144 valence electrons. The molecule has 0 atom stereocenters. The van der Waals surface area contributed by atoms with Gasteiger partial charge in [0.2, 0.25) is 5.76 Å². The zero-order valence-corrected chi connectivity index (χ0v) is 14.7. The Morgan fingerprint density at radius 3 is 2.61 bits per heavy atom. The molecular weight excluding hydrogens is 373 g/mol. The van der Waals surface area contributed by atoms with Crippen LogP contribution in [0.5, 0.6) is 0 Å². The van der Waals surface area contributed by atoms with Crippen molar-refractivity contribution in [1.29, 1.82) is 0 Å². The first kappa shape index (κ1) is 19.2. The van der Waals surface area contributed by atoms with Gasteiger partial charge in [-0.05, 0) is 35.4 Å². The summed E-state index contributed by atoms with van der Waals surface area (Å²) in [5.74, 6) is -2.43. The molecule has 0 saturated heterocycles. The Kier molecular flexibility index (Phi) is 5.49. The lowest BCUT2D eigenvalue weighted by molar-refractivity contribution is -0.153. The number of benzene rings is 2. The van der Waals surface area contributed by atoms with Crippen LogP contribution in [-0.2, 0) is 11.0 Å². The van der Waals surface area contributed by atoms with E-state index in [4.69, 9.17) is 0 Å². The Hall–Kier alpha value is -3.55. The van der Waals surface area contributed by atoms with E-state index in [2.05, 4.69) is 19.7 Å². The summed E-state index contributed by atoms with van der Waals surface area (Å²) in [6.45, 7) is 0. The van der Waals surface area contributed by atoms with Crippen molar-refractivity contribution in [3.05, 3.63) is 77.7 Å². The number of carbonyl (C=O) groups excluding carboxylic acids is 1. The van der Waals surface area contributed by atoms with Gasteiger partial charge in [0.15, 0.2) is 5.76 Å². The van der Waals surface area contributed by atoms with Crippen molar-refractivity contribution >= 4 is 17.8 Å². The molecule has 1 N–H and O–H groups in total. The Morgan fingerprint density at radius 2 is 1.89 bits per heavy atom. The minimum absolute atomic E-state index is 0.428. The molecule has 0 spiro atoms. The van der Waals surface area contributed by atoms with E-state index in [0.717, 1.165) is 23.3 Å². The van der Waals surface area contributed by atoms with Crippen molar-refractivity contribution in [2.24, 2.45) is 5.16 Å². The molecule has 1 heterocycles. The van der Waals surface area contributed by atoms with Crippen LogP contribution in [0.2, 0.25) is 0 Å². The van der Waals surface area contributed by atoms with Gasteiger partial charge in [-0.2, -0.15) is 13.2 Å². The molecule has 0 bridgehead atoms. The van der Waals surface area contributed by atoms with E-state index in [0.29, 0.717) is 11.3 Å². The summed E-state index contributed by atoms with van der Waals surface area (Å²) in [6, 6.07) is 16.0. The number of anilines is 1. The van der Waals surface area contributed by atoms with Gasteiger partial charge in [0.05, 0.1) is 6.21 Å². The Labute approximate surface area is 158 Å². The summed E-state index contributed by atoms with van der Waals surface area (Å²) in [7, 11) is 1.43. The number of alkyl halides is 3. The number of nitrogens with one attached hydrogen (secondary N) is 1. The number of amides is 1. The Balaban J connectivity index is 1.88. The second kappa shape index (κ2) is 7.99. The number of carbonyl (C=O) groups is 1. The predicted molar refractivity (Wildman–Crippen MR) is 98.1 cm³/mol. The van der Waals surface area contributed by atoms with Crippen molar-refractivity contribution in [1.82, 2.24) is 0 Å². The van der Waals surface area contributed by atoms with E-state index in [1.807, 2.05) is 24.3 Å². The molecule has 0 fully saturated rings. The number of hydrogen-bond acceptors (Lipinski definition) is 4. The number of hydrogen-bond donors (Lipinski definition) is 1. The molecule has 0 aliphatic rings. The maximum absolute atomic E-state index is 12.7. The van der Waals surface area contributed by atoms with Gasteiger partial charge in [0, 0.05) is 11.3 Å². The molecule has 1 aromatic heterocycles. The van der Waals surface area contributed by atoms with E-state index >= 15 is 0 Å². The highest BCUT2D eigenvalue weighted by Gasteiger charge is 2.35. The van der Waals surface area contributed by atoms with Crippen molar-refractivity contribution < 1.29 is 27.2 Å². The van der Waals surface area contributed by atoms with Gasteiger partial charge in [-0.1, -0.05) is 41.6 Å². The fourth-order valence-corrected chi connectivity index (χ4v) is 2.54. The second-order valence-corrected chi connectivity index (χ2v) is 5.70. The lowest BCUT2D eigenvalue weighted by Crippen LogP contribution is -2.12. The summed E-state index contributed by atoms with van der Waals surface area (Å²) in [5.41, 5.74) is 2.68. The van der Waals surface area contributed by atoms with Crippen LogP contribution in [0.1, 0.15) is 21.9 Å². The highest BCUT2D eigenvalue weighted by atomic mass is 19.4. The monoisotopic (exact) mass is 388 g/mol. The second-order valence-electron chi connectivity index (χ2n) is 5.70. The predicted octanol–water partition coefficient (Wildman–Crippen LogP) is 5.20. The largest absolute Gasteiger partial charge is 0.449 e. The molecule has 2 aromatic carbocycles. The summed E-state index contributed by atoms with van der Waals surface area (Å²) in [6.07, 6.45) is -3.12. The van der Waals surface area contributed by atoms with E-state index in [1.54, 1.807) is 24.3 Å². The van der Waals surface area contributed by atoms with Gasteiger partial charge in [-0.3, -0.25) is 4.79 Å². The van der Waals surface area contributed by atoms with Crippen LogP contribution < -0.4 is 5.32 Å². The fourth-order valence-electron chi connectivity index (χ4n) is 2.54. The Bertz CT molecular complexity index is 1010. The van der Waals surface area contributed by atoms with Crippen LogP contribution in [-0.4, -0.2) is 19.2 Å². The number of rotatable bonds is 5. The van der Waals surface area contributed by atoms with Gasteiger partial charge in [-0.15, -0.1) is 0 Å². The average molecular weight is 388 g/mol. The lowest BCUT2D eigenvalue weighted by Gasteiger charge is -2.11. The third-order valence-corrected chi connectivity index (χ3v) is 3.79. The van der Waals surface area contributed by atoms with Gasteiger partial charge < -0.3 is 14.6 Å². The van der Waals surface area contributed by atoms with Crippen LogP contribution in [0.3, 0.4) is 0 Å². The summed E-state index contributed by atoms with van der Waals surface area (Å²) >= 11 is 0.